The van der Waals surface area contributed by atoms with E-state index in [-0.39, 0.29) is 6.10 Å². The van der Waals surface area contributed by atoms with Crippen molar-refractivity contribution in [3.63, 3.8) is 0 Å². The minimum atomic E-state index is 0.0487. The number of halogens is 1. The van der Waals surface area contributed by atoms with Gasteiger partial charge >= 0.3 is 0 Å². The second-order valence-electron chi connectivity index (χ2n) is 6.13. The number of benzene rings is 2. The predicted octanol–water partition coefficient (Wildman–Crippen LogP) is 5.38. The number of hydrogen-bond donors (Lipinski definition) is 1. The van der Waals surface area contributed by atoms with Crippen LogP contribution in [0.3, 0.4) is 0 Å². The smallest absolute Gasteiger partial charge is 0.149 e. The number of rotatable bonds is 4. The van der Waals surface area contributed by atoms with Crippen molar-refractivity contribution in [3.05, 3.63) is 58.4 Å². The summed E-state index contributed by atoms with van der Waals surface area (Å²) >= 11 is 6.27. The number of aromatic nitrogens is 2. The van der Waals surface area contributed by atoms with E-state index in [1.165, 1.54) is 0 Å². The third kappa shape index (κ3) is 3.84. The second-order valence-corrected chi connectivity index (χ2v) is 6.54. The molecule has 0 aliphatic rings. The number of hydrogen-bond acceptors (Lipinski definition) is 3. The van der Waals surface area contributed by atoms with Crippen molar-refractivity contribution < 1.29 is 4.74 Å². The molecule has 0 spiro atoms. The first-order valence-electron chi connectivity index (χ1n) is 8.01. The van der Waals surface area contributed by atoms with Crippen molar-refractivity contribution in [2.75, 3.05) is 0 Å². The third-order valence-electron chi connectivity index (χ3n) is 3.64. The van der Waals surface area contributed by atoms with E-state index in [1.54, 1.807) is 12.1 Å². The zero-order valence-corrected chi connectivity index (χ0v) is 15.1. The first-order chi connectivity index (χ1) is 12.0. The first-order valence-corrected chi connectivity index (χ1v) is 8.39. The molecule has 0 bridgehead atoms. The maximum atomic E-state index is 9.53. The number of aromatic amines is 1. The second kappa shape index (κ2) is 7.00. The molecule has 126 valence electrons. The Morgan fingerprint density at radius 2 is 2.08 bits per heavy atom. The van der Waals surface area contributed by atoms with E-state index in [0.29, 0.717) is 22.2 Å². The van der Waals surface area contributed by atoms with Crippen LogP contribution >= 0.6 is 11.6 Å². The summed E-state index contributed by atoms with van der Waals surface area (Å²) in [6.45, 7) is 5.91. The van der Waals surface area contributed by atoms with Gasteiger partial charge in [-0.1, -0.05) is 23.7 Å². The lowest BCUT2D eigenvalue weighted by Crippen LogP contribution is -2.05. The molecule has 0 fully saturated rings. The van der Waals surface area contributed by atoms with Crippen LogP contribution in [-0.4, -0.2) is 16.1 Å². The lowest BCUT2D eigenvalue weighted by atomic mass is 10.1. The van der Waals surface area contributed by atoms with Crippen LogP contribution in [0.25, 0.3) is 22.7 Å². The third-order valence-corrected chi connectivity index (χ3v) is 3.94. The molecule has 0 saturated heterocycles. The lowest BCUT2D eigenvalue weighted by molar-refractivity contribution is 0.242. The lowest BCUT2D eigenvalue weighted by Gasteiger charge is -2.11. The van der Waals surface area contributed by atoms with E-state index in [0.717, 1.165) is 22.2 Å². The van der Waals surface area contributed by atoms with Gasteiger partial charge in [0.05, 0.1) is 27.7 Å². The van der Waals surface area contributed by atoms with E-state index < -0.39 is 0 Å². The Hall–Kier alpha value is -2.77. The molecule has 0 aliphatic heterocycles. The van der Waals surface area contributed by atoms with Gasteiger partial charge in [-0.15, -0.1) is 0 Å². The molecule has 0 radical (unpaired) electrons. The predicted molar refractivity (Wildman–Crippen MR) is 102 cm³/mol. The number of allylic oxidation sites excluding steroid dienone is 1. The van der Waals surface area contributed by atoms with E-state index in [9.17, 15) is 5.26 Å². The summed E-state index contributed by atoms with van der Waals surface area (Å²) in [5.74, 6) is 1.17. The molecule has 0 atom stereocenters. The summed E-state index contributed by atoms with van der Waals surface area (Å²) in [6, 6.07) is 13.6. The molecule has 4 nitrogen and oxygen atoms in total. The number of nitrogens with one attached hydrogen (secondary N) is 1. The Labute approximate surface area is 151 Å². The normalized spacial score (nSPS) is 11.8. The fourth-order valence-electron chi connectivity index (χ4n) is 2.53. The van der Waals surface area contributed by atoms with Crippen LogP contribution in [0.4, 0.5) is 0 Å². The van der Waals surface area contributed by atoms with Crippen molar-refractivity contribution in [1.29, 1.82) is 5.26 Å². The minimum absolute atomic E-state index is 0.0487. The van der Waals surface area contributed by atoms with E-state index >= 15 is 0 Å². The number of imidazole rings is 1. The molecule has 1 N–H and O–H groups in total. The fraction of sp³-hybridized carbons (Fsp3) is 0.200. The van der Waals surface area contributed by atoms with E-state index in [1.807, 2.05) is 51.1 Å². The van der Waals surface area contributed by atoms with Gasteiger partial charge < -0.3 is 9.72 Å². The minimum Gasteiger partial charge on any atom is -0.489 e. The average molecular weight is 352 g/mol. The maximum absolute atomic E-state index is 9.53. The Balaban J connectivity index is 1.97. The SMILES string of the molecule is Cc1ccc2nc(C(C#N)=Cc3ccc(OC(C)C)c(Cl)c3)[nH]c2c1. The highest BCUT2D eigenvalue weighted by atomic mass is 35.5. The van der Waals surface area contributed by atoms with Gasteiger partial charge in [0, 0.05) is 0 Å². The number of H-pyrrole nitrogens is 1. The zero-order chi connectivity index (χ0) is 18.0. The van der Waals surface area contributed by atoms with Gasteiger partial charge in [-0.2, -0.15) is 5.26 Å². The number of nitrogens with zero attached hydrogens (tertiary/aromatic N) is 2. The summed E-state index contributed by atoms with van der Waals surface area (Å²) in [5.41, 5.74) is 4.14. The average Bonchev–Trinajstić information content (AvgIpc) is 2.97. The van der Waals surface area contributed by atoms with Crippen molar-refractivity contribution in [3.8, 4) is 11.8 Å². The molecule has 0 saturated carbocycles. The number of aryl methyl sites for hydroxylation is 1. The Morgan fingerprint density at radius 1 is 1.28 bits per heavy atom. The highest BCUT2D eigenvalue weighted by Crippen LogP contribution is 2.28. The van der Waals surface area contributed by atoms with Crippen molar-refractivity contribution in [1.82, 2.24) is 9.97 Å². The quantitative estimate of drug-likeness (QED) is 0.642. The van der Waals surface area contributed by atoms with E-state index in [4.69, 9.17) is 16.3 Å². The highest BCUT2D eigenvalue weighted by molar-refractivity contribution is 6.32. The molecule has 3 rings (SSSR count). The molecule has 0 unspecified atom stereocenters. The van der Waals surface area contributed by atoms with Crippen LogP contribution in [0.15, 0.2) is 36.4 Å². The molecule has 0 aliphatic carbocycles. The molecule has 2 aromatic carbocycles. The Kier molecular flexibility index (Phi) is 4.78. The van der Waals surface area contributed by atoms with E-state index in [2.05, 4.69) is 16.0 Å². The molecule has 1 heterocycles. The highest BCUT2D eigenvalue weighted by Gasteiger charge is 2.09. The van der Waals surface area contributed by atoms with Crippen LogP contribution in [-0.2, 0) is 0 Å². The zero-order valence-electron chi connectivity index (χ0n) is 14.3. The Bertz CT molecular complexity index is 996. The van der Waals surface area contributed by atoms with Gasteiger partial charge in [0.25, 0.3) is 0 Å². The molecule has 3 aromatic rings. The number of nitriles is 1. The topological polar surface area (TPSA) is 61.7 Å². The largest absolute Gasteiger partial charge is 0.489 e. The van der Waals surface area contributed by atoms with Gasteiger partial charge in [-0.25, -0.2) is 4.98 Å². The van der Waals surface area contributed by atoms with Crippen LogP contribution in [0.5, 0.6) is 5.75 Å². The van der Waals surface area contributed by atoms with Gasteiger partial charge in [0.1, 0.15) is 17.6 Å². The molecule has 25 heavy (non-hydrogen) atoms. The van der Waals surface area contributed by atoms with Gasteiger partial charge in [-0.3, -0.25) is 0 Å². The summed E-state index contributed by atoms with van der Waals surface area (Å²) in [6.07, 6.45) is 1.81. The van der Waals surface area contributed by atoms with Crippen LogP contribution in [0.1, 0.15) is 30.8 Å². The first kappa shape index (κ1) is 17.1. The Morgan fingerprint density at radius 3 is 2.76 bits per heavy atom. The van der Waals surface area contributed by atoms with Crippen molar-refractivity contribution in [2.24, 2.45) is 0 Å². The van der Waals surface area contributed by atoms with Crippen LogP contribution < -0.4 is 4.74 Å². The van der Waals surface area contributed by atoms with Crippen LogP contribution in [0.2, 0.25) is 5.02 Å². The molecule has 0 amide bonds. The van der Waals surface area contributed by atoms with Crippen molar-refractivity contribution in [2.45, 2.75) is 26.9 Å². The molecular formula is C20H18ClN3O. The summed E-state index contributed by atoms with van der Waals surface area (Å²) in [5, 5.41) is 10.0. The number of ether oxygens (including phenoxy) is 1. The standard InChI is InChI=1S/C20H18ClN3O/c1-12(2)25-19-7-5-14(10-16(19)21)9-15(11-22)20-23-17-6-4-13(3)8-18(17)24-20/h4-10,12H,1-3H3,(H,23,24). The van der Waals surface area contributed by atoms with Gasteiger partial charge in [-0.05, 0) is 62.2 Å². The summed E-state index contributed by atoms with van der Waals surface area (Å²) < 4.78 is 5.63. The molecule has 5 heteroatoms. The van der Waals surface area contributed by atoms with Gasteiger partial charge in [0.15, 0.2) is 0 Å². The monoisotopic (exact) mass is 351 g/mol. The van der Waals surface area contributed by atoms with Crippen LogP contribution in [0, 0.1) is 18.3 Å². The van der Waals surface area contributed by atoms with Crippen molar-refractivity contribution >= 4 is 34.3 Å². The maximum Gasteiger partial charge on any atom is 0.149 e. The fourth-order valence-corrected chi connectivity index (χ4v) is 2.76. The summed E-state index contributed by atoms with van der Waals surface area (Å²) in [4.78, 5) is 7.70. The number of fused-ring (bicyclic) bond motifs is 1. The van der Waals surface area contributed by atoms with Gasteiger partial charge in [0.2, 0.25) is 0 Å². The summed E-state index contributed by atoms with van der Waals surface area (Å²) in [7, 11) is 0. The molecular weight excluding hydrogens is 334 g/mol. The molecule has 1 aromatic heterocycles.